The molecule has 54 heavy (non-hydrogen) atoms. The molecule has 0 radical (unpaired) electrons. The number of hydrogen-bond acceptors (Lipinski definition) is 2. The Morgan fingerprint density at radius 1 is 0.556 bits per heavy atom. The Labute approximate surface area is 347 Å². The molecule has 2 heterocycles. The molecule has 6 aromatic carbocycles. The molecule has 0 unspecified atom stereocenters. The van der Waals surface area contributed by atoms with Gasteiger partial charge in [0, 0.05) is 5.41 Å². The van der Waals surface area contributed by atoms with Crippen molar-refractivity contribution in [1.82, 2.24) is 0 Å². The van der Waals surface area contributed by atoms with Gasteiger partial charge in [-0.05, 0) is 67.3 Å². The molecule has 1 aliphatic rings. The van der Waals surface area contributed by atoms with Crippen LogP contribution in [0.4, 0.5) is 0 Å². The average molecular weight is 829 g/mol. The molecule has 0 bridgehead atoms. The third kappa shape index (κ3) is 9.09. The second-order valence-corrected chi connectivity index (χ2v) is 16.8. The second kappa shape index (κ2) is 17.6. The summed E-state index contributed by atoms with van der Waals surface area (Å²) in [5.41, 5.74) is 10.1. The van der Waals surface area contributed by atoms with E-state index >= 15 is 0 Å². The van der Waals surface area contributed by atoms with Crippen molar-refractivity contribution in [1.29, 1.82) is 0 Å². The van der Waals surface area contributed by atoms with Crippen LogP contribution in [0.1, 0.15) is 62.7 Å². The van der Waals surface area contributed by atoms with Crippen LogP contribution in [0.2, 0.25) is 0 Å². The van der Waals surface area contributed by atoms with Crippen molar-refractivity contribution >= 4 is 24.8 Å². The van der Waals surface area contributed by atoms with Crippen LogP contribution in [0.5, 0.6) is 0 Å². The van der Waals surface area contributed by atoms with Crippen LogP contribution in [-0.4, -0.2) is 3.21 Å². The van der Waals surface area contributed by atoms with Gasteiger partial charge >= 0.3 is 46.7 Å². The van der Waals surface area contributed by atoms with Crippen LogP contribution in [0, 0.1) is 20.8 Å². The maximum absolute atomic E-state index is 6.14. The number of hydrogen-bond donors (Lipinski definition) is 0. The molecule has 0 aliphatic heterocycles. The summed E-state index contributed by atoms with van der Waals surface area (Å²) < 4.78 is 13.7. The normalized spacial score (nSPS) is 12.2. The summed E-state index contributed by atoms with van der Waals surface area (Å²) in [5.74, 6) is 3.84. The van der Waals surface area contributed by atoms with Gasteiger partial charge in [0.05, 0.1) is 23.0 Å². The molecule has 8 aromatic rings. The van der Waals surface area contributed by atoms with Crippen molar-refractivity contribution in [3.05, 3.63) is 156 Å². The molecule has 0 amide bonds. The van der Waals surface area contributed by atoms with Crippen molar-refractivity contribution in [2.24, 2.45) is 0 Å². The van der Waals surface area contributed by atoms with E-state index in [9.17, 15) is 0 Å². The van der Waals surface area contributed by atoms with Gasteiger partial charge < -0.3 is 33.6 Å². The molecule has 0 saturated heterocycles. The van der Waals surface area contributed by atoms with Crippen molar-refractivity contribution in [2.75, 3.05) is 0 Å². The minimum atomic E-state index is 0. The predicted octanol–water partition coefficient (Wildman–Crippen LogP) is 8.09. The Morgan fingerprint density at radius 2 is 1.00 bits per heavy atom. The summed E-state index contributed by atoms with van der Waals surface area (Å²) in [6, 6.07) is 47.2. The Bertz CT molecular complexity index is 2460. The molecule has 0 atom stereocenters. The summed E-state index contributed by atoms with van der Waals surface area (Å²) in [5, 5.41) is 5.09. The molecule has 1 fully saturated rings. The average Bonchev–Trinajstić information content (AvgIpc) is 3.94. The van der Waals surface area contributed by atoms with Gasteiger partial charge in [0.15, 0.2) is 0 Å². The van der Waals surface area contributed by atoms with E-state index in [1.807, 2.05) is 19.1 Å². The van der Waals surface area contributed by atoms with Crippen LogP contribution < -0.4 is 24.8 Å². The van der Waals surface area contributed by atoms with E-state index in [2.05, 4.69) is 156 Å². The molecule has 0 spiro atoms. The molecule has 1 aliphatic carbocycles. The number of furan rings is 2. The molecule has 5 heteroatoms. The Morgan fingerprint density at radius 3 is 1.37 bits per heavy atom. The topological polar surface area (TPSA) is 26.3 Å². The predicted molar refractivity (Wildman–Crippen MR) is 217 cm³/mol. The van der Waals surface area contributed by atoms with Gasteiger partial charge in [0.25, 0.3) is 0 Å². The van der Waals surface area contributed by atoms with Gasteiger partial charge in [0.1, 0.15) is 0 Å². The third-order valence-electron chi connectivity index (χ3n) is 9.93. The van der Waals surface area contributed by atoms with Gasteiger partial charge in [-0.15, -0.1) is 57.9 Å². The summed E-state index contributed by atoms with van der Waals surface area (Å²) in [6.45, 7) is 12.9. The molecule has 2 aromatic heterocycles. The van der Waals surface area contributed by atoms with Gasteiger partial charge in [0.2, 0.25) is 0 Å². The summed E-state index contributed by atoms with van der Waals surface area (Å²) in [4.78, 5) is 0. The fourth-order valence-corrected chi connectivity index (χ4v) is 7.75. The van der Waals surface area contributed by atoms with E-state index in [0.717, 1.165) is 34.2 Å². The number of halogens is 2. The van der Waals surface area contributed by atoms with Crippen LogP contribution in [0.3, 0.4) is 0 Å². The molecule has 274 valence electrons. The maximum atomic E-state index is 6.14. The van der Waals surface area contributed by atoms with Crippen molar-refractivity contribution in [3.63, 3.8) is 0 Å². The van der Waals surface area contributed by atoms with Crippen LogP contribution in [0.15, 0.2) is 142 Å². The van der Waals surface area contributed by atoms with Crippen molar-refractivity contribution < 1.29 is 57.9 Å². The Kier molecular flexibility index (Phi) is 13.4. The summed E-state index contributed by atoms with van der Waals surface area (Å²) in [7, 11) is 0. The van der Waals surface area contributed by atoms with E-state index in [0.29, 0.717) is 0 Å². The Hall–Kier alpha value is -4.01. The Balaban J connectivity index is 0.000000179. The number of benzene rings is 4. The molecule has 1 saturated carbocycles. The first-order valence-electron chi connectivity index (χ1n) is 18.3. The molecular weight excluding hydrogens is 783 g/mol. The van der Waals surface area contributed by atoms with Gasteiger partial charge in [-0.2, -0.15) is 0 Å². The van der Waals surface area contributed by atoms with E-state index in [4.69, 9.17) is 8.83 Å². The van der Waals surface area contributed by atoms with E-state index in [1.54, 1.807) is 27.4 Å². The van der Waals surface area contributed by atoms with Crippen LogP contribution in [0.25, 0.3) is 66.4 Å². The van der Waals surface area contributed by atoms with Crippen molar-refractivity contribution in [2.45, 2.75) is 66.2 Å². The van der Waals surface area contributed by atoms with Gasteiger partial charge in [-0.25, -0.2) is 0 Å². The first kappa shape index (κ1) is 41.2. The first-order valence-corrected chi connectivity index (χ1v) is 19.5. The fraction of sp³-hybridized carbons (Fsp3) is 0.204. The summed E-state index contributed by atoms with van der Waals surface area (Å²) >= 11 is 1.67. The number of aryl methyl sites for hydroxylation is 3. The SMILES string of the molecule is Cc1ccc(-c2cc3c(-c4ccccc4)c(C)ccc3[cH-]2)o1.Cc1ccc2[cH-]c(-c3ccc(C(C)(C)C)o3)cc2c1-c1ccccc1.[Cl-].[Cl-].[Zr+2]=[C]1CCC1. The zero-order valence-corrected chi connectivity index (χ0v) is 35.9. The standard InChI is InChI=1S/C24H23O.C21H17O.C4H6.2ClH.Zr/c1-16-10-11-18-14-19(21-12-13-22(25-21)24(2,3)4)15-20(18)23(16)17-8-6-5-7-9-17;1-14-8-10-17-12-18(20-11-9-15(2)22-20)13-19(17)21(14)16-6-4-3-5-7-16;1-2-4-3-1;;;/h5-15H,1-4H3;3-13H,1-2H3;1-3H2;2*1H;/q2*-1;;;;+2/p-2. The van der Waals surface area contributed by atoms with Crippen LogP contribution >= 0.6 is 0 Å². The quantitative estimate of drug-likeness (QED) is 0.168. The zero-order valence-electron chi connectivity index (χ0n) is 31.9. The fourth-order valence-electron chi connectivity index (χ4n) is 6.88. The monoisotopic (exact) mass is 826 g/mol. The molecule has 2 nitrogen and oxygen atoms in total. The molecule has 0 N–H and O–H groups in total. The molecular formula is C49H46Cl2O2Zr-2. The van der Waals surface area contributed by atoms with Gasteiger partial charge in [-0.3, -0.25) is 0 Å². The number of rotatable bonds is 4. The molecule has 9 rings (SSSR count). The van der Waals surface area contributed by atoms with E-state index in [-0.39, 0.29) is 30.2 Å². The van der Waals surface area contributed by atoms with Crippen LogP contribution in [-0.2, 0) is 29.7 Å². The first-order chi connectivity index (χ1) is 25.0. The third-order valence-corrected chi connectivity index (χ3v) is 11.2. The summed E-state index contributed by atoms with van der Waals surface area (Å²) in [6.07, 6.45) is 4.36. The van der Waals surface area contributed by atoms with E-state index in [1.165, 1.54) is 74.2 Å². The van der Waals surface area contributed by atoms with E-state index < -0.39 is 0 Å². The van der Waals surface area contributed by atoms with Gasteiger partial charge in [-0.1, -0.05) is 116 Å². The second-order valence-electron chi connectivity index (χ2n) is 15.0. The number of fused-ring (bicyclic) bond motifs is 2. The van der Waals surface area contributed by atoms with Crippen molar-refractivity contribution in [3.8, 4) is 44.9 Å². The minimum absolute atomic E-state index is 0. The zero-order chi connectivity index (χ0) is 36.4.